The van der Waals surface area contributed by atoms with Gasteiger partial charge in [-0.1, -0.05) is 20.8 Å². The summed E-state index contributed by atoms with van der Waals surface area (Å²) in [7, 11) is 0. The number of hydrogen-bond donors (Lipinski definition) is 3. The minimum atomic E-state index is -0.759. The van der Waals surface area contributed by atoms with E-state index in [0.717, 1.165) is 24.8 Å². The smallest absolute Gasteiger partial charge is 0.303 e. The van der Waals surface area contributed by atoms with Gasteiger partial charge in [-0.15, -0.1) is 0 Å². The summed E-state index contributed by atoms with van der Waals surface area (Å²) in [5.74, 6) is 0.852. The fourth-order valence-corrected chi connectivity index (χ4v) is 8.01. The summed E-state index contributed by atoms with van der Waals surface area (Å²) in [6.45, 7) is 6.52. The minimum absolute atomic E-state index is 0.174. The van der Waals surface area contributed by atoms with Crippen LogP contribution < -0.4 is 0 Å². The summed E-state index contributed by atoms with van der Waals surface area (Å²) < 4.78 is 0. The van der Waals surface area contributed by atoms with Gasteiger partial charge in [0.1, 0.15) is 0 Å². The molecule has 0 heterocycles. The second-order valence-electron chi connectivity index (χ2n) is 10.8. The molecule has 0 aromatic carbocycles. The number of hydrogen-bond acceptors (Lipinski definition) is 4. The fraction of sp³-hybridized carbons (Fsp3) is 0.833. The van der Waals surface area contributed by atoms with Crippen LogP contribution in [0, 0.1) is 40.4 Å². The van der Waals surface area contributed by atoms with E-state index in [0.29, 0.717) is 37.5 Å². The first-order valence-electron chi connectivity index (χ1n) is 11.4. The van der Waals surface area contributed by atoms with Crippen LogP contribution in [0.4, 0.5) is 0 Å². The SMILES string of the molecule is CC(CCC(=O)O)C1CCC2C3CC(=O)C4=CC(O)CC[C@]4(C)C3CC(O)[C@@]12C. The number of allylic oxidation sites excluding steroid dienone is 1. The van der Waals surface area contributed by atoms with Crippen LogP contribution in [0.15, 0.2) is 11.6 Å². The van der Waals surface area contributed by atoms with E-state index in [9.17, 15) is 19.8 Å². The predicted molar refractivity (Wildman–Crippen MR) is 109 cm³/mol. The maximum absolute atomic E-state index is 13.1. The molecule has 4 aliphatic carbocycles. The molecule has 29 heavy (non-hydrogen) atoms. The molecule has 7 unspecified atom stereocenters. The normalized spacial score (nSPS) is 47.6. The number of carboxylic acid groups (broad SMARTS) is 1. The van der Waals surface area contributed by atoms with Crippen molar-refractivity contribution in [1.82, 2.24) is 0 Å². The molecule has 4 aliphatic rings. The zero-order valence-corrected chi connectivity index (χ0v) is 17.9. The second kappa shape index (κ2) is 7.19. The summed E-state index contributed by atoms with van der Waals surface area (Å²) in [6, 6.07) is 0. The van der Waals surface area contributed by atoms with Gasteiger partial charge >= 0.3 is 5.97 Å². The van der Waals surface area contributed by atoms with Crippen LogP contribution in [-0.2, 0) is 9.59 Å². The number of carbonyl (C=O) groups is 2. The molecule has 0 aromatic rings. The number of ketones is 1. The van der Waals surface area contributed by atoms with Crippen molar-refractivity contribution < 1.29 is 24.9 Å². The molecular formula is C24H36O5. The molecule has 3 N–H and O–H groups in total. The highest BCUT2D eigenvalue weighted by Gasteiger charge is 2.64. The van der Waals surface area contributed by atoms with Crippen molar-refractivity contribution in [3.8, 4) is 0 Å². The fourth-order valence-electron chi connectivity index (χ4n) is 8.01. The Morgan fingerprint density at radius 2 is 1.93 bits per heavy atom. The molecular weight excluding hydrogens is 368 g/mol. The molecule has 0 bridgehead atoms. The molecule has 5 heteroatoms. The van der Waals surface area contributed by atoms with Gasteiger partial charge < -0.3 is 15.3 Å². The highest BCUT2D eigenvalue weighted by molar-refractivity contribution is 5.98. The number of aliphatic carboxylic acids is 1. The van der Waals surface area contributed by atoms with Gasteiger partial charge in [0.2, 0.25) is 0 Å². The van der Waals surface area contributed by atoms with Crippen LogP contribution in [0.25, 0.3) is 0 Å². The molecule has 0 aliphatic heterocycles. The third kappa shape index (κ3) is 3.11. The van der Waals surface area contributed by atoms with Gasteiger partial charge in [0.25, 0.3) is 0 Å². The molecule has 5 nitrogen and oxygen atoms in total. The van der Waals surface area contributed by atoms with E-state index in [2.05, 4.69) is 20.8 Å². The first kappa shape index (κ1) is 21.0. The molecule has 0 aromatic heterocycles. The van der Waals surface area contributed by atoms with E-state index < -0.39 is 18.2 Å². The molecule has 162 valence electrons. The number of aliphatic hydroxyl groups excluding tert-OH is 2. The molecule has 0 amide bonds. The van der Waals surface area contributed by atoms with E-state index in [1.54, 1.807) is 6.08 Å². The summed E-state index contributed by atoms with van der Waals surface area (Å²) in [5, 5.41) is 30.6. The van der Waals surface area contributed by atoms with Crippen LogP contribution >= 0.6 is 0 Å². The van der Waals surface area contributed by atoms with Gasteiger partial charge in [-0.2, -0.15) is 0 Å². The van der Waals surface area contributed by atoms with Crippen molar-refractivity contribution in [2.45, 2.75) is 84.3 Å². The number of aliphatic hydroxyl groups is 2. The summed E-state index contributed by atoms with van der Waals surface area (Å²) in [5.41, 5.74) is 0.317. The van der Waals surface area contributed by atoms with Crippen molar-refractivity contribution in [3.63, 3.8) is 0 Å². The van der Waals surface area contributed by atoms with Gasteiger partial charge in [-0.3, -0.25) is 9.59 Å². The van der Waals surface area contributed by atoms with Crippen molar-refractivity contribution in [2.24, 2.45) is 40.4 Å². The van der Waals surface area contributed by atoms with E-state index in [1.807, 2.05) is 0 Å². The van der Waals surface area contributed by atoms with Crippen molar-refractivity contribution >= 4 is 11.8 Å². The number of Topliss-reactive ketones (excluding diaryl/α,β-unsaturated/α-hetero) is 1. The molecule has 3 fully saturated rings. The number of carbonyl (C=O) groups excluding carboxylic acids is 1. The monoisotopic (exact) mass is 404 g/mol. The highest BCUT2D eigenvalue weighted by Crippen LogP contribution is 2.67. The summed E-state index contributed by atoms with van der Waals surface area (Å²) in [6.07, 6.45) is 6.40. The molecule has 0 radical (unpaired) electrons. The Kier molecular flexibility index (Phi) is 5.22. The lowest BCUT2D eigenvalue weighted by molar-refractivity contribution is -0.152. The van der Waals surface area contributed by atoms with Gasteiger partial charge in [0.05, 0.1) is 12.2 Å². The van der Waals surface area contributed by atoms with Crippen molar-refractivity contribution in [2.75, 3.05) is 0 Å². The van der Waals surface area contributed by atoms with Crippen LogP contribution in [0.1, 0.15) is 72.1 Å². The first-order chi connectivity index (χ1) is 13.6. The molecule has 0 spiro atoms. The molecule has 4 rings (SSSR count). The lowest BCUT2D eigenvalue weighted by Crippen LogP contribution is -2.58. The third-order valence-electron chi connectivity index (χ3n) is 9.59. The molecule has 0 saturated heterocycles. The Balaban J connectivity index is 1.63. The predicted octanol–water partition coefficient (Wildman–Crippen LogP) is 3.58. The van der Waals surface area contributed by atoms with Gasteiger partial charge in [-0.05, 0) is 90.6 Å². The quantitative estimate of drug-likeness (QED) is 0.666. The van der Waals surface area contributed by atoms with Crippen molar-refractivity contribution in [3.05, 3.63) is 11.6 Å². The van der Waals surface area contributed by atoms with Gasteiger partial charge in [0, 0.05) is 12.8 Å². The van der Waals surface area contributed by atoms with Gasteiger partial charge in [-0.25, -0.2) is 0 Å². The lowest BCUT2D eigenvalue weighted by atomic mass is 9.45. The number of carboxylic acids is 1. The number of rotatable bonds is 4. The lowest BCUT2D eigenvalue weighted by Gasteiger charge is -2.59. The second-order valence-corrected chi connectivity index (χ2v) is 10.8. The van der Waals surface area contributed by atoms with Crippen LogP contribution in [-0.4, -0.2) is 39.3 Å². The van der Waals surface area contributed by atoms with Gasteiger partial charge in [0.15, 0.2) is 5.78 Å². The summed E-state index contributed by atoms with van der Waals surface area (Å²) >= 11 is 0. The topological polar surface area (TPSA) is 94.8 Å². The van der Waals surface area contributed by atoms with E-state index in [1.165, 1.54) is 0 Å². The highest BCUT2D eigenvalue weighted by atomic mass is 16.4. The van der Waals surface area contributed by atoms with Crippen LogP contribution in [0.2, 0.25) is 0 Å². The minimum Gasteiger partial charge on any atom is -0.481 e. The molecule has 3 saturated carbocycles. The zero-order chi connectivity index (χ0) is 21.1. The Bertz CT molecular complexity index is 729. The zero-order valence-electron chi connectivity index (χ0n) is 17.9. The number of fused-ring (bicyclic) bond motifs is 5. The van der Waals surface area contributed by atoms with Crippen molar-refractivity contribution in [1.29, 1.82) is 0 Å². The average molecular weight is 405 g/mol. The molecule has 9 atom stereocenters. The third-order valence-corrected chi connectivity index (χ3v) is 9.59. The maximum Gasteiger partial charge on any atom is 0.303 e. The average Bonchev–Trinajstić information content (AvgIpc) is 3.02. The Morgan fingerprint density at radius 3 is 2.62 bits per heavy atom. The van der Waals surface area contributed by atoms with E-state index >= 15 is 0 Å². The van der Waals surface area contributed by atoms with E-state index in [-0.39, 0.29) is 40.8 Å². The van der Waals surface area contributed by atoms with Crippen LogP contribution in [0.5, 0.6) is 0 Å². The van der Waals surface area contributed by atoms with Crippen LogP contribution in [0.3, 0.4) is 0 Å². The first-order valence-corrected chi connectivity index (χ1v) is 11.4. The Morgan fingerprint density at radius 1 is 1.21 bits per heavy atom. The Labute approximate surface area is 173 Å². The van der Waals surface area contributed by atoms with E-state index in [4.69, 9.17) is 5.11 Å². The maximum atomic E-state index is 13.1. The standard InChI is InChI=1S/C24H36O5/c1-13(4-7-22(28)29)16-5-6-17-15-11-20(26)19-10-14(25)8-9-23(19,2)18(15)12-21(27)24(16,17)3/h10,13-18,21,25,27H,4-9,11-12H2,1-3H3,(H,28,29)/t13?,14?,15?,16?,17?,18?,21?,23-,24+/m1/s1. The Hall–Kier alpha value is -1.20. The largest absolute Gasteiger partial charge is 0.481 e. The summed E-state index contributed by atoms with van der Waals surface area (Å²) in [4.78, 5) is 24.1.